The summed E-state index contributed by atoms with van der Waals surface area (Å²) in [6.45, 7) is 9.26. The van der Waals surface area contributed by atoms with Gasteiger partial charge in [-0.25, -0.2) is 9.37 Å². The molecule has 0 saturated carbocycles. The van der Waals surface area contributed by atoms with Gasteiger partial charge in [0.05, 0.1) is 16.6 Å². The average molecular weight is 378 g/mol. The van der Waals surface area contributed by atoms with Gasteiger partial charge in [-0.05, 0) is 57.0 Å². The van der Waals surface area contributed by atoms with Gasteiger partial charge >= 0.3 is 0 Å². The molecule has 144 valence electrons. The van der Waals surface area contributed by atoms with Crippen LogP contribution < -0.4 is 5.56 Å². The zero-order chi connectivity index (χ0) is 20.6. The number of rotatable bonds is 4. The van der Waals surface area contributed by atoms with Crippen molar-refractivity contribution in [2.24, 2.45) is 0 Å². The predicted octanol–water partition coefficient (Wildman–Crippen LogP) is 4.61. The fourth-order valence-electron chi connectivity index (χ4n) is 3.60. The Labute approximate surface area is 163 Å². The second kappa shape index (κ2) is 7.50. The zero-order valence-corrected chi connectivity index (χ0v) is 16.8. The number of hydrogen-bond acceptors (Lipinski definition) is 3. The minimum atomic E-state index is -0.514. The molecule has 3 aromatic rings. The first-order valence-corrected chi connectivity index (χ1v) is 9.25. The van der Waals surface area contributed by atoms with E-state index in [0.717, 1.165) is 22.4 Å². The van der Waals surface area contributed by atoms with Gasteiger partial charge in [-0.2, -0.15) is 0 Å². The summed E-state index contributed by atoms with van der Waals surface area (Å²) in [5.74, 6) is -0.124. The van der Waals surface area contributed by atoms with Crippen LogP contribution in [0.4, 0.5) is 4.39 Å². The number of fused-ring (bicyclic) bond motifs is 1. The highest BCUT2D eigenvalue weighted by atomic mass is 19.1. The number of halogens is 1. The molecule has 0 aliphatic heterocycles. The topological polar surface area (TPSA) is 52.0 Å². The number of carbonyl (C=O) groups is 1. The molecule has 0 aliphatic rings. The monoisotopic (exact) mass is 378 g/mol. The Morgan fingerprint density at radius 2 is 1.79 bits per heavy atom. The first-order chi connectivity index (χ1) is 13.2. The summed E-state index contributed by atoms with van der Waals surface area (Å²) in [6.07, 6.45) is 3.20. The molecular formula is C23H23FN2O2. The molecule has 0 amide bonds. The maximum absolute atomic E-state index is 14.4. The molecule has 0 N–H and O–H groups in total. The van der Waals surface area contributed by atoms with E-state index >= 15 is 0 Å². The van der Waals surface area contributed by atoms with Gasteiger partial charge < -0.3 is 0 Å². The summed E-state index contributed by atoms with van der Waals surface area (Å²) in [4.78, 5) is 29.2. The van der Waals surface area contributed by atoms with E-state index in [-0.39, 0.29) is 16.9 Å². The number of carbonyl (C=O) groups excluding carboxylic acids is 1. The number of ketones is 1. The van der Waals surface area contributed by atoms with Gasteiger partial charge in [0, 0.05) is 18.1 Å². The second-order valence-corrected chi connectivity index (χ2v) is 7.10. The number of aromatic nitrogens is 2. The van der Waals surface area contributed by atoms with Crippen molar-refractivity contribution >= 4 is 22.8 Å². The molecule has 1 heterocycles. The molecule has 3 rings (SSSR count). The average Bonchev–Trinajstić information content (AvgIpc) is 2.61. The Kier molecular flexibility index (Phi) is 5.27. The van der Waals surface area contributed by atoms with Gasteiger partial charge in [0.15, 0.2) is 5.78 Å². The SMILES string of the molecule is CCc1nc2cc(F)c(/C=C/C(C)=O)cc2c(=O)n1-c1c(C)cc(C)cc1C. The molecule has 2 aromatic carbocycles. The van der Waals surface area contributed by atoms with Gasteiger partial charge in [0.2, 0.25) is 0 Å². The van der Waals surface area contributed by atoms with Crippen LogP contribution in [0.1, 0.15) is 41.9 Å². The molecule has 0 unspecified atom stereocenters. The number of aryl methyl sites for hydroxylation is 4. The van der Waals surface area contributed by atoms with Gasteiger partial charge in [-0.3, -0.25) is 14.2 Å². The van der Waals surface area contributed by atoms with E-state index < -0.39 is 5.82 Å². The molecule has 0 spiro atoms. The molecular weight excluding hydrogens is 355 g/mol. The smallest absolute Gasteiger partial charge is 0.266 e. The Balaban J connectivity index is 2.38. The van der Waals surface area contributed by atoms with Crippen LogP contribution in [0.3, 0.4) is 0 Å². The molecule has 4 nitrogen and oxygen atoms in total. The Morgan fingerprint density at radius 3 is 2.36 bits per heavy atom. The fourth-order valence-corrected chi connectivity index (χ4v) is 3.60. The Morgan fingerprint density at radius 1 is 1.14 bits per heavy atom. The lowest BCUT2D eigenvalue weighted by atomic mass is 10.0. The third-order valence-electron chi connectivity index (χ3n) is 4.73. The van der Waals surface area contributed by atoms with Crippen LogP contribution in [0.5, 0.6) is 0 Å². The fraction of sp³-hybridized carbons (Fsp3) is 0.261. The third kappa shape index (κ3) is 3.52. The van der Waals surface area contributed by atoms with Crippen molar-refractivity contribution in [1.82, 2.24) is 9.55 Å². The lowest BCUT2D eigenvalue weighted by molar-refractivity contribution is -0.112. The van der Waals surface area contributed by atoms with Crippen LogP contribution in [0.15, 0.2) is 35.1 Å². The van der Waals surface area contributed by atoms with Gasteiger partial charge in [0.25, 0.3) is 5.56 Å². The molecule has 0 saturated heterocycles. The van der Waals surface area contributed by atoms with Crippen molar-refractivity contribution in [3.8, 4) is 5.69 Å². The third-order valence-corrected chi connectivity index (χ3v) is 4.73. The van der Waals surface area contributed by atoms with Crippen molar-refractivity contribution in [3.05, 3.63) is 74.6 Å². The van der Waals surface area contributed by atoms with E-state index in [1.807, 2.05) is 39.8 Å². The molecule has 0 atom stereocenters. The van der Waals surface area contributed by atoms with E-state index in [0.29, 0.717) is 23.1 Å². The number of nitrogens with zero attached hydrogens (tertiary/aromatic N) is 2. The van der Waals surface area contributed by atoms with E-state index in [1.165, 1.54) is 31.2 Å². The highest BCUT2D eigenvalue weighted by Gasteiger charge is 2.17. The summed E-state index contributed by atoms with van der Waals surface area (Å²) >= 11 is 0. The molecule has 0 bridgehead atoms. The molecule has 28 heavy (non-hydrogen) atoms. The standard InChI is InChI=1S/C23H23FN2O2/c1-6-21-25-20-12-19(24)17(8-7-16(5)27)11-18(20)23(28)26(21)22-14(3)9-13(2)10-15(22)4/h7-12H,6H2,1-5H3/b8-7+. The molecule has 1 aromatic heterocycles. The maximum atomic E-state index is 14.4. The van der Waals surface area contributed by atoms with Crippen LogP contribution >= 0.6 is 0 Å². The van der Waals surface area contributed by atoms with Crippen LogP contribution in [0.2, 0.25) is 0 Å². The van der Waals surface area contributed by atoms with Gasteiger partial charge in [-0.15, -0.1) is 0 Å². The lowest BCUT2D eigenvalue weighted by Crippen LogP contribution is -2.25. The molecule has 5 heteroatoms. The first-order valence-electron chi connectivity index (χ1n) is 9.25. The predicted molar refractivity (Wildman–Crippen MR) is 111 cm³/mol. The lowest BCUT2D eigenvalue weighted by Gasteiger charge is -2.18. The summed E-state index contributed by atoms with van der Waals surface area (Å²) < 4.78 is 16.0. The highest BCUT2D eigenvalue weighted by molar-refractivity contribution is 5.92. The first kappa shape index (κ1) is 19.7. The molecule has 0 radical (unpaired) electrons. The van der Waals surface area contributed by atoms with Crippen LogP contribution in [-0.4, -0.2) is 15.3 Å². The normalized spacial score (nSPS) is 11.5. The molecule has 0 fully saturated rings. The maximum Gasteiger partial charge on any atom is 0.266 e. The largest absolute Gasteiger partial charge is 0.295 e. The van der Waals surface area contributed by atoms with E-state index in [9.17, 15) is 14.0 Å². The van der Waals surface area contributed by atoms with Crippen molar-refractivity contribution in [2.45, 2.75) is 41.0 Å². The van der Waals surface area contributed by atoms with E-state index in [2.05, 4.69) is 4.98 Å². The van der Waals surface area contributed by atoms with Gasteiger partial charge in [0.1, 0.15) is 11.6 Å². The van der Waals surface area contributed by atoms with Crippen LogP contribution in [0.25, 0.3) is 22.7 Å². The van der Waals surface area contributed by atoms with Crippen molar-refractivity contribution in [1.29, 1.82) is 0 Å². The quantitative estimate of drug-likeness (QED) is 0.623. The number of allylic oxidation sites excluding steroid dienone is 1. The van der Waals surface area contributed by atoms with Crippen molar-refractivity contribution in [3.63, 3.8) is 0 Å². The summed E-state index contributed by atoms with van der Waals surface area (Å²) in [5, 5.41) is 0.321. The van der Waals surface area contributed by atoms with E-state index in [1.54, 1.807) is 4.57 Å². The number of benzene rings is 2. The zero-order valence-electron chi connectivity index (χ0n) is 16.8. The number of hydrogen-bond donors (Lipinski definition) is 0. The van der Waals surface area contributed by atoms with Crippen LogP contribution in [-0.2, 0) is 11.2 Å². The second-order valence-electron chi connectivity index (χ2n) is 7.10. The summed E-state index contributed by atoms with van der Waals surface area (Å²) in [6, 6.07) is 6.79. The Hall–Kier alpha value is -3.08. The molecule has 0 aliphatic carbocycles. The Bertz CT molecular complexity index is 1170. The minimum Gasteiger partial charge on any atom is -0.295 e. The highest BCUT2D eigenvalue weighted by Crippen LogP contribution is 2.23. The van der Waals surface area contributed by atoms with E-state index in [4.69, 9.17) is 0 Å². The summed E-state index contributed by atoms with van der Waals surface area (Å²) in [5.41, 5.74) is 4.16. The van der Waals surface area contributed by atoms with Crippen molar-refractivity contribution in [2.75, 3.05) is 0 Å². The summed E-state index contributed by atoms with van der Waals surface area (Å²) in [7, 11) is 0. The van der Waals surface area contributed by atoms with Gasteiger partial charge in [-0.1, -0.05) is 24.6 Å². The van der Waals surface area contributed by atoms with Crippen LogP contribution in [0, 0.1) is 26.6 Å². The van der Waals surface area contributed by atoms with Crippen molar-refractivity contribution < 1.29 is 9.18 Å². The minimum absolute atomic E-state index is 0.190.